The molecule has 0 bridgehead atoms. The van der Waals surface area contributed by atoms with Crippen LogP contribution in [0.15, 0.2) is 95.8 Å². The second-order valence-corrected chi connectivity index (χ2v) is 17.6. The van der Waals surface area contributed by atoms with Crippen LogP contribution in [0.2, 0.25) is 0 Å². The topological polar surface area (TPSA) is 267 Å². The summed E-state index contributed by atoms with van der Waals surface area (Å²) >= 11 is 0. The first kappa shape index (κ1) is 51.1. The third-order valence-electron chi connectivity index (χ3n) is 12.8. The number of fused-ring (bicyclic) bond motifs is 1. The van der Waals surface area contributed by atoms with Gasteiger partial charge in [0.2, 0.25) is 35.4 Å². The van der Waals surface area contributed by atoms with E-state index in [1.165, 1.54) is 14.0 Å². The number of primary amides is 1. The maximum atomic E-state index is 14.3. The number of imidazole rings is 1. The molecule has 3 aliphatic rings. The van der Waals surface area contributed by atoms with Crippen molar-refractivity contribution in [1.29, 1.82) is 0 Å². The molecule has 6 amide bonds. The van der Waals surface area contributed by atoms with E-state index < -0.39 is 71.9 Å². The van der Waals surface area contributed by atoms with Crippen molar-refractivity contribution in [1.82, 2.24) is 25.1 Å². The summed E-state index contributed by atoms with van der Waals surface area (Å²) in [5.41, 5.74) is 17.8. The zero-order chi connectivity index (χ0) is 51.1. The summed E-state index contributed by atoms with van der Waals surface area (Å²) in [5.74, 6) is -5.06. The number of anilines is 1. The molecule has 18 nitrogen and oxygen atoms in total. The summed E-state index contributed by atoms with van der Waals surface area (Å²) in [6.45, 7) is 0.381. The monoisotopic (exact) mass is 982 g/mol. The second kappa shape index (κ2) is 21.9. The van der Waals surface area contributed by atoms with Crippen molar-refractivity contribution in [3.05, 3.63) is 129 Å². The molecular weight excluding hydrogens is 930 g/mol. The standard InChI is InChI=1S/C48H52N8O8.C2HF3O2/c1-54-37-26-28(15-20-35(37)55(48(54)63)36-21-24-41(58)52-45(36)60)10-8-9-25-64-39-22-16-31-27-38(56-43(31)32(39)17-18-33(49)47(56)62)46(61)51-34(19-23-40(50)57)44(59)53-42(29-11-4-2-5-12-29)30-13-6-3-7-14-30;3-2(4,5)1(6)7/h2-7,11-16,20,22,26,33-34,36,38,42H,8-10,17-19,21,23-25,27,49H2,1H3,(H2,50,57)(H,51,61)(H,53,59)(H,52,58,60);(H,6,7)/t33-,34-,36?,38-;/m0./s1. The van der Waals surface area contributed by atoms with Gasteiger partial charge in [0.05, 0.1) is 35.4 Å². The highest BCUT2D eigenvalue weighted by molar-refractivity contribution is 6.08. The number of unbranched alkanes of at least 4 members (excludes halogenated alkanes) is 1. The molecule has 21 heteroatoms. The SMILES string of the molecule is Cn1c(=O)n(C2CCC(=O)NC2=O)c2ccc(CCCCOc3ccc4c5c3CC[C@H](N)C(=O)N5[C@H](C(=O)N[C@@H](CCC(N)=O)C(=O)NC(c3ccccc3)c3ccccc3)C4)cc21.O=C(O)C(F)(F)F. The first-order chi connectivity index (χ1) is 33.8. The van der Waals surface area contributed by atoms with Crippen molar-refractivity contribution >= 4 is 58.1 Å². The first-order valence-corrected chi connectivity index (χ1v) is 23.0. The number of imide groups is 1. The Morgan fingerprint density at radius 1 is 0.873 bits per heavy atom. The molecule has 1 unspecified atom stereocenters. The molecule has 3 aliphatic heterocycles. The number of aliphatic carboxylic acids is 1. The van der Waals surface area contributed by atoms with E-state index in [9.17, 15) is 46.7 Å². The van der Waals surface area contributed by atoms with E-state index >= 15 is 0 Å². The third-order valence-corrected chi connectivity index (χ3v) is 12.8. The summed E-state index contributed by atoms with van der Waals surface area (Å²) in [6, 6.07) is 24.0. The van der Waals surface area contributed by atoms with Crippen LogP contribution in [-0.2, 0) is 59.9 Å². The number of carboxylic acids is 1. The lowest BCUT2D eigenvalue weighted by Crippen LogP contribution is -2.56. The van der Waals surface area contributed by atoms with Crippen LogP contribution >= 0.6 is 0 Å². The van der Waals surface area contributed by atoms with Crippen LogP contribution in [-0.4, -0.2) is 86.6 Å². The van der Waals surface area contributed by atoms with Crippen molar-refractivity contribution in [2.75, 3.05) is 11.5 Å². The number of aromatic nitrogens is 2. The summed E-state index contributed by atoms with van der Waals surface area (Å²) in [6.07, 6.45) is -1.68. The lowest BCUT2D eigenvalue weighted by Gasteiger charge is -2.29. The number of amides is 6. The maximum Gasteiger partial charge on any atom is 0.490 e. The smallest absolute Gasteiger partial charge is 0.490 e. The average Bonchev–Trinajstić information content (AvgIpc) is 3.80. The highest BCUT2D eigenvalue weighted by atomic mass is 19.4. The predicted molar refractivity (Wildman–Crippen MR) is 252 cm³/mol. The van der Waals surface area contributed by atoms with Gasteiger partial charge in [-0.05, 0) is 85.4 Å². The zero-order valence-corrected chi connectivity index (χ0v) is 38.6. The summed E-state index contributed by atoms with van der Waals surface area (Å²) < 4.78 is 41.1. The molecule has 0 saturated carbocycles. The minimum atomic E-state index is -5.08. The number of benzene rings is 4. The largest absolute Gasteiger partial charge is 0.493 e. The maximum absolute atomic E-state index is 14.3. The van der Waals surface area contributed by atoms with Gasteiger partial charge in [0.15, 0.2) is 0 Å². The number of halogens is 3. The second-order valence-electron chi connectivity index (χ2n) is 17.6. The number of carbonyl (C=O) groups excluding carboxylic acids is 6. The number of nitrogens with two attached hydrogens (primary N) is 2. The van der Waals surface area contributed by atoms with Gasteiger partial charge in [0, 0.05) is 31.9 Å². The highest BCUT2D eigenvalue weighted by Gasteiger charge is 2.45. The predicted octanol–water partition coefficient (Wildman–Crippen LogP) is 3.54. The number of nitrogens with one attached hydrogen (secondary N) is 3. The van der Waals surface area contributed by atoms with Crippen LogP contribution < -0.4 is 42.7 Å². The molecule has 71 heavy (non-hydrogen) atoms. The van der Waals surface area contributed by atoms with E-state index in [4.69, 9.17) is 26.1 Å². The molecule has 0 spiro atoms. The number of hydrogen-bond acceptors (Lipinski definition) is 10. The van der Waals surface area contributed by atoms with Crippen LogP contribution in [0.4, 0.5) is 18.9 Å². The fraction of sp³-hybridized carbons (Fsp3) is 0.360. The number of nitrogens with zero attached hydrogens (tertiary/aromatic N) is 3. The Morgan fingerprint density at radius 2 is 1.54 bits per heavy atom. The molecule has 1 aromatic heterocycles. The number of carboxylic acid groups (broad SMARTS) is 1. The Bertz CT molecular complexity index is 2870. The van der Waals surface area contributed by atoms with Gasteiger partial charge in [-0.2, -0.15) is 13.2 Å². The molecule has 4 heterocycles. The van der Waals surface area contributed by atoms with Crippen LogP contribution in [0.25, 0.3) is 11.0 Å². The van der Waals surface area contributed by atoms with E-state index in [-0.39, 0.29) is 43.7 Å². The Kier molecular flexibility index (Phi) is 15.7. The Labute approximate surface area is 404 Å². The number of alkyl halides is 3. The van der Waals surface area contributed by atoms with Gasteiger partial charge >= 0.3 is 17.8 Å². The van der Waals surface area contributed by atoms with Gasteiger partial charge in [-0.3, -0.25) is 48.1 Å². The molecule has 0 radical (unpaired) electrons. The van der Waals surface area contributed by atoms with Gasteiger partial charge in [-0.1, -0.05) is 72.8 Å². The minimum Gasteiger partial charge on any atom is -0.493 e. The lowest BCUT2D eigenvalue weighted by molar-refractivity contribution is -0.192. The quantitative estimate of drug-likeness (QED) is 0.0615. The third kappa shape index (κ3) is 11.6. The van der Waals surface area contributed by atoms with Crippen molar-refractivity contribution in [2.24, 2.45) is 18.5 Å². The van der Waals surface area contributed by atoms with Crippen molar-refractivity contribution in [3.63, 3.8) is 0 Å². The molecule has 1 fully saturated rings. The van der Waals surface area contributed by atoms with Gasteiger partial charge in [-0.15, -0.1) is 0 Å². The fourth-order valence-corrected chi connectivity index (χ4v) is 9.16. The first-order valence-electron chi connectivity index (χ1n) is 23.0. The highest BCUT2D eigenvalue weighted by Crippen LogP contribution is 2.43. The van der Waals surface area contributed by atoms with Gasteiger partial charge < -0.3 is 31.9 Å². The molecule has 0 aliphatic carbocycles. The van der Waals surface area contributed by atoms with E-state index in [0.717, 1.165) is 34.2 Å². The van der Waals surface area contributed by atoms with Gasteiger partial charge in [0.1, 0.15) is 23.9 Å². The Balaban J connectivity index is 0.000000985. The molecular formula is C50H53F3N8O10. The number of piperidine rings is 1. The van der Waals surface area contributed by atoms with E-state index in [1.807, 2.05) is 91.0 Å². The molecule has 8 rings (SSSR count). The number of hydrogen-bond donors (Lipinski definition) is 6. The van der Waals surface area contributed by atoms with Crippen LogP contribution in [0.5, 0.6) is 5.75 Å². The molecule has 374 valence electrons. The minimum absolute atomic E-state index is 0.0497. The average molecular weight is 983 g/mol. The fourth-order valence-electron chi connectivity index (χ4n) is 9.16. The normalized spacial score (nSPS) is 17.9. The van der Waals surface area contributed by atoms with Crippen molar-refractivity contribution in [2.45, 2.75) is 101 Å². The molecule has 4 aromatic carbocycles. The Hall–Kier alpha value is -7.81. The molecule has 8 N–H and O–H groups in total. The van der Waals surface area contributed by atoms with Crippen LogP contribution in [0.3, 0.4) is 0 Å². The van der Waals surface area contributed by atoms with Gasteiger partial charge in [-0.25, -0.2) is 9.59 Å². The van der Waals surface area contributed by atoms with Crippen molar-refractivity contribution in [3.8, 4) is 5.75 Å². The Morgan fingerprint density at radius 3 is 2.15 bits per heavy atom. The van der Waals surface area contributed by atoms with Crippen LogP contribution in [0, 0.1) is 0 Å². The van der Waals surface area contributed by atoms with E-state index in [1.54, 1.807) is 7.05 Å². The summed E-state index contributed by atoms with van der Waals surface area (Å²) in [5, 5.41) is 15.4. The van der Waals surface area contributed by atoms with Crippen molar-refractivity contribution < 1.29 is 56.6 Å². The van der Waals surface area contributed by atoms with Gasteiger partial charge in [0.25, 0.3) is 0 Å². The molecule has 1 saturated heterocycles. The summed E-state index contributed by atoms with van der Waals surface area (Å²) in [7, 11) is 1.67. The lowest BCUT2D eigenvalue weighted by atomic mass is 9.97. The van der Waals surface area contributed by atoms with E-state index in [2.05, 4.69) is 16.0 Å². The van der Waals surface area contributed by atoms with E-state index in [0.29, 0.717) is 54.8 Å². The molecule has 4 atom stereocenters. The number of ether oxygens (including phenoxy) is 1. The zero-order valence-electron chi connectivity index (χ0n) is 38.6. The van der Waals surface area contributed by atoms with Crippen LogP contribution in [0.1, 0.15) is 84.8 Å². The number of carbonyl (C=O) groups is 7. The number of rotatable bonds is 16. The molecule has 5 aromatic rings. The number of aryl methyl sites for hydroxylation is 2. The summed E-state index contributed by atoms with van der Waals surface area (Å²) in [4.78, 5) is 102.